The van der Waals surface area contributed by atoms with Crippen LogP contribution in [0.4, 0.5) is 5.69 Å². The third-order valence-corrected chi connectivity index (χ3v) is 0.872. The van der Waals surface area contributed by atoms with Crippen LogP contribution in [0.15, 0.2) is 30.3 Å². The van der Waals surface area contributed by atoms with E-state index in [1.807, 2.05) is 18.2 Å². The van der Waals surface area contributed by atoms with E-state index < -0.39 is 0 Å². The number of benzene rings is 1. The highest BCUT2D eigenvalue weighted by molar-refractivity contribution is 5.42. The van der Waals surface area contributed by atoms with E-state index in [1.165, 1.54) is 0 Å². The standard InChI is InChI=1S/C6H5N2.ClH/c7-8-6-4-2-1-3-5-6;/h1-5H;1H/q+1;/p-1. The fourth-order valence-corrected chi connectivity index (χ4v) is 0.495. The molecule has 0 amide bonds. The van der Waals surface area contributed by atoms with Crippen molar-refractivity contribution in [1.29, 1.82) is 5.39 Å². The summed E-state index contributed by atoms with van der Waals surface area (Å²) in [5, 5.41) is 8.16. The number of rotatable bonds is 0. The summed E-state index contributed by atoms with van der Waals surface area (Å²) in [6, 6.07) is 8.94. The molecule has 0 fully saturated rings. The molecule has 0 aliphatic heterocycles. The van der Waals surface area contributed by atoms with E-state index >= 15 is 0 Å². The van der Waals surface area contributed by atoms with Crippen LogP contribution in [-0.2, 0) is 0 Å². The third-order valence-electron chi connectivity index (χ3n) is 0.872. The SMILES string of the molecule is N#[N+]c1ccccc1.[Cl-]. The van der Waals surface area contributed by atoms with Gasteiger partial charge in [-0.3, -0.25) is 0 Å². The maximum atomic E-state index is 8.16. The Kier molecular flexibility index (Phi) is 3.41. The minimum Gasteiger partial charge on any atom is -1.00 e. The Morgan fingerprint density at radius 2 is 1.67 bits per heavy atom. The van der Waals surface area contributed by atoms with Gasteiger partial charge in [0.2, 0.25) is 5.39 Å². The van der Waals surface area contributed by atoms with Crippen molar-refractivity contribution in [1.82, 2.24) is 0 Å². The van der Waals surface area contributed by atoms with Crippen LogP contribution in [0, 0.1) is 5.39 Å². The van der Waals surface area contributed by atoms with Crippen molar-refractivity contribution >= 4 is 5.69 Å². The number of diazo groups is 1. The summed E-state index contributed by atoms with van der Waals surface area (Å²) in [5.74, 6) is 0. The van der Waals surface area contributed by atoms with E-state index in [1.54, 1.807) is 12.1 Å². The number of nitrogens with zero attached hydrogens (tertiary/aromatic N) is 2. The van der Waals surface area contributed by atoms with Crippen LogP contribution >= 0.6 is 0 Å². The first-order valence-electron chi connectivity index (χ1n) is 2.33. The minimum atomic E-state index is 0. The monoisotopic (exact) mass is 140 g/mol. The zero-order valence-corrected chi connectivity index (χ0v) is 5.42. The molecule has 0 radical (unpaired) electrons. The average Bonchev–Trinajstić information content (AvgIpc) is 1.90. The van der Waals surface area contributed by atoms with Gasteiger partial charge in [0.1, 0.15) is 0 Å². The molecule has 0 saturated heterocycles. The molecule has 46 valence electrons. The average molecular weight is 141 g/mol. The van der Waals surface area contributed by atoms with Crippen LogP contribution in [0.1, 0.15) is 0 Å². The van der Waals surface area contributed by atoms with Crippen LogP contribution in [0.3, 0.4) is 0 Å². The van der Waals surface area contributed by atoms with Gasteiger partial charge >= 0.3 is 5.69 Å². The maximum Gasteiger partial charge on any atom is 0.385 e. The van der Waals surface area contributed by atoms with Gasteiger partial charge in [-0.25, -0.2) is 0 Å². The van der Waals surface area contributed by atoms with Crippen molar-refractivity contribution in [3.8, 4) is 0 Å². The lowest BCUT2D eigenvalue weighted by Crippen LogP contribution is -3.00. The highest BCUT2D eigenvalue weighted by atomic mass is 35.5. The maximum absolute atomic E-state index is 8.16. The molecule has 0 heterocycles. The molecule has 1 aromatic carbocycles. The Labute approximate surface area is 59.5 Å². The lowest BCUT2D eigenvalue weighted by Gasteiger charge is -1.69. The molecule has 0 unspecified atom stereocenters. The summed E-state index contributed by atoms with van der Waals surface area (Å²) >= 11 is 0. The zero-order chi connectivity index (χ0) is 5.82. The van der Waals surface area contributed by atoms with Gasteiger partial charge in [0.25, 0.3) is 0 Å². The summed E-state index contributed by atoms with van der Waals surface area (Å²) in [7, 11) is 0. The second kappa shape index (κ2) is 3.88. The first-order chi connectivity index (χ1) is 3.93. The van der Waals surface area contributed by atoms with E-state index in [4.69, 9.17) is 5.39 Å². The van der Waals surface area contributed by atoms with Gasteiger partial charge in [0, 0.05) is 12.1 Å². The molecule has 3 heteroatoms. The Hall–Kier alpha value is -1.07. The molecule has 0 spiro atoms. The molecule has 1 aromatic rings. The predicted octanol–water partition coefficient (Wildman–Crippen LogP) is -0.825. The van der Waals surface area contributed by atoms with Crippen molar-refractivity contribution < 1.29 is 12.4 Å². The largest absolute Gasteiger partial charge is 1.00 e. The Balaban J connectivity index is 0.000000640. The second-order valence-electron chi connectivity index (χ2n) is 1.44. The van der Waals surface area contributed by atoms with Gasteiger partial charge in [0.05, 0.1) is 0 Å². The molecule has 0 bridgehead atoms. The summed E-state index contributed by atoms with van der Waals surface area (Å²) in [6.07, 6.45) is 0. The molecule has 0 N–H and O–H groups in total. The molecule has 2 nitrogen and oxygen atoms in total. The Morgan fingerprint density at radius 1 is 1.11 bits per heavy atom. The normalized spacial score (nSPS) is 7.00. The first kappa shape index (κ1) is 7.93. The smallest absolute Gasteiger partial charge is 0.385 e. The minimum absolute atomic E-state index is 0. The Bertz CT molecular complexity index is 202. The fraction of sp³-hybridized carbons (Fsp3) is 0. The molecule has 0 atom stereocenters. The van der Waals surface area contributed by atoms with Crippen LogP contribution < -0.4 is 12.4 Å². The molecular weight excluding hydrogens is 136 g/mol. The highest BCUT2D eigenvalue weighted by Crippen LogP contribution is 2.07. The number of halogens is 1. The summed E-state index contributed by atoms with van der Waals surface area (Å²) in [6.45, 7) is 0. The topological polar surface area (TPSA) is 28.1 Å². The fourth-order valence-electron chi connectivity index (χ4n) is 0.495. The quantitative estimate of drug-likeness (QED) is 0.433. The number of hydrogen-bond donors (Lipinski definition) is 0. The Morgan fingerprint density at radius 3 is 2.00 bits per heavy atom. The van der Waals surface area contributed by atoms with Crippen LogP contribution in [0.2, 0.25) is 0 Å². The molecule has 1 rings (SSSR count). The van der Waals surface area contributed by atoms with E-state index in [-0.39, 0.29) is 12.4 Å². The first-order valence-corrected chi connectivity index (χ1v) is 2.33. The van der Waals surface area contributed by atoms with Crippen LogP contribution in [0.5, 0.6) is 0 Å². The van der Waals surface area contributed by atoms with Crippen LogP contribution in [-0.4, -0.2) is 0 Å². The molecule has 0 aromatic heterocycles. The highest BCUT2D eigenvalue weighted by Gasteiger charge is 1.95. The van der Waals surface area contributed by atoms with Gasteiger partial charge in [-0.05, 0) is 0 Å². The van der Waals surface area contributed by atoms with Gasteiger partial charge in [-0.2, -0.15) is 0 Å². The predicted molar refractivity (Wildman–Crippen MR) is 31.2 cm³/mol. The van der Waals surface area contributed by atoms with Gasteiger partial charge in [0.15, 0.2) is 4.98 Å². The molecule has 0 saturated carbocycles. The van der Waals surface area contributed by atoms with Gasteiger partial charge in [-0.15, -0.1) is 0 Å². The molecule has 0 aliphatic rings. The lowest BCUT2D eigenvalue weighted by molar-refractivity contribution is -0.00000185. The van der Waals surface area contributed by atoms with E-state index in [2.05, 4.69) is 4.98 Å². The molecule has 0 aliphatic carbocycles. The van der Waals surface area contributed by atoms with E-state index in [0.717, 1.165) is 0 Å². The third kappa shape index (κ3) is 2.11. The number of hydrogen-bond acceptors (Lipinski definition) is 1. The second-order valence-corrected chi connectivity index (χ2v) is 1.44. The molecule has 9 heavy (non-hydrogen) atoms. The van der Waals surface area contributed by atoms with Crippen molar-refractivity contribution in [2.24, 2.45) is 0 Å². The molecular formula is C6H5ClN2. The van der Waals surface area contributed by atoms with Crippen LogP contribution in [0.25, 0.3) is 4.98 Å². The van der Waals surface area contributed by atoms with Crippen molar-refractivity contribution in [2.75, 3.05) is 0 Å². The van der Waals surface area contributed by atoms with E-state index in [9.17, 15) is 0 Å². The zero-order valence-electron chi connectivity index (χ0n) is 4.66. The summed E-state index contributed by atoms with van der Waals surface area (Å²) in [4.78, 5) is 2.97. The van der Waals surface area contributed by atoms with Crippen molar-refractivity contribution in [2.45, 2.75) is 0 Å². The van der Waals surface area contributed by atoms with Crippen molar-refractivity contribution in [3.05, 3.63) is 35.3 Å². The van der Waals surface area contributed by atoms with Crippen molar-refractivity contribution in [3.63, 3.8) is 0 Å². The summed E-state index contributed by atoms with van der Waals surface area (Å²) < 4.78 is 0. The lowest BCUT2D eigenvalue weighted by atomic mass is 10.3. The van der Waals surface area contributed by atoms with Gasteiger partial charge < -0.3 is 12.4 Å². The van der Waals surface area contributed by atoms with Gasteiger partial charge in [-0.1, -0.05) is 18.2 Å². The van der Waals surface area contributed by atoms with E-state index in [0.29, 0.717) is 5.69 Å². The summed E-state index contributed by atoms with van der Waals surface area (Å²) in [5.41, 5.74) is 0.590.